The highest BCUT2D eigenvalue weighted by Crippen LogP contribution is 2.26. The first-order valence-electron chi connectivity index (χ1n) is 8.42. The molecular weight excluding hydrogens is 302 g/mol. The van der Waals surface area contributed by atoms with Crippen LogP contribution in [0.2, 0.25) is 0 Å². The van der Waals surface area contributed by atoms with Crippen molar-refractivity contribution < 1.29 is 18.4 Å². The van der Waals surface area contributed by atoms with Gasteiger partial charge in [-0.1, -0.05) is 37.3 Å². The van der Waals surface area contributed by atoms with E-state index < -0.39 is 5.97 Å². The summed E-state index contributed by atoms with van der Waals surface area (Å²) in [7, 11) is 6.37. The highest BCUT2D eigenvalue weighted by Gasteiger charge is 2.20. The van der Waals surface area contributed by atoms with Crippen molar-refractivity contribution in [3.8, 4) is 0 Å². The molecule has 0 bridgehead atoms. The van der Waals surface area contributed by atoms with Crippen molar-refractivity contribution in [3.63, 3.8) is 0 Å². The number of nitrogens with zero attached hydrogens (tertiary/aromatic N) is 1. The van der Waals surface area contributed by atoms with Crippen LogP contribution in [0.15, 0.2) is 46.9 Å². The van der Waals surface area contributed by atoms with Crippen LogP contribution in [-0.4, -0.2) is 44.2 Å². The first kappa shape index (κ1) is 18.3. The normalized spacial score (nSPS) is 14.2. The number of esters is 1. The summed E-state index contributed by atoms with van der Waals surface area (Å²) in [6.07, 6.45) is 0.693. The van der Waals surface area contributed by atoms with Gasteiger partial charge in [0.2, 0.25) is 5.76 Å². The van der Waals surface area contributed by atoms with Gasteiger partial charge in [-0.15, -0.1) is 0 Å². The molecule has 2 unspecified atom stereocenters. The number of hydrogen-bond acceptors (Lipinski definition) is 3. The summed E-state index contributed by atoms with van der Waals surface area (Å²) >= 11 is 0. The molecule has 0 aliphatic carbocycles. The van der Waals surface area contributed by atoms with Gasteiger partial charge in [-0.3, -0.25) is 0 Å². The molecule has 0 saturated carbocycles. The molecule has 0 fully saturated rings. The number of furan rings is 1. The summed E-state index contributed by atoms with van der Waals surface area (Å²) in [6.45, 7) is 4.93. The topological polar surface area (TPSA) is 39.4 Å². The lowest BCUT2D eigenvalue weighted by atomic mass is 9.99. The lowest BCUT2D eigenvalue weighted by Crippen LogP contribution is -2.37. The lowest BCUT2D eigenvalue weighted by molar-refractivity contribution is -0.870. The molecule has 0 spiro atoms. The van der Waals surface area contributed by atoms with Crippen molar-refractivity contribution in [1.29, 1.82) is 0 Å². The van der Waals surface area contributed by atoms with Crippen molar-refractivity contribution in [2.75, 3.05) is 27.7 Å². The number of carbonyl (C=O) groups excluding carboxylic acids is 1. The summed E-state index contributed by atoms with van der Waals surface area (Å²) in [4.78, 5) is 12.2. The third-order valence-corrected chi connectivity index (χ3v) is 4.07. The summed E-state index contributed by atoms with van der Waals surface area (Å²) < 4.78 is 12.1. The van der Waals surface area contributed by atoms with Crippen molar-refractivity contribution in [3.05, 3.63) is 59.5 Å². The first-order chi connectivity index (χ1) is 11.3. The molecule has 1 aromatic carbocycles. The maximum Gasteiger partial charge on any atom is 0.374 e. The Bertz CT molecular complexity index is 655. The fourth-order valence-corrected chi connectivity index (χ4v) is 2.47. The van der Waals surface area contributed by atoms with E-state index in [1.807, 2.05) is 31.2 Å². The Kier molecular flexibility index (Phi) is 5.84. The molecule has 1 aromatic heterocycles. The van der Waals surface area contributed by atoms with E-state index in [0.29, 0.717) is 0 Å². The second kappa shape index (κ2) is 7.67. The molecule has 130 valence electrons. The molecule has 0 amide bonds. The fraction of sp³-hybridized carbons (Fsp3) is 0.450. The molecule has 0 N–H and O–H groups in total. The second-order valence-electron chi connectivity index (χ2n) is 7.35. The molecule has 0 radical (unpaired) electrons. The zero-order valence-corrected chi connectivity index (χ0v) is 15.3. The van der Waals surface area contributed by atoms with E-state index in [-0.39, 0.29) is 17.8 Å². The van der Waals surface area contributed by atoms with Gasteiger partial charge in [0.1, 0.15) is 11.9 Å². The molecule has 24 heavy (non-hydrogen) atoms. The Morgan fingerprint density at radius 2 is 1.75 bits per heavy atom. The molecule has 2 atom stereocenters. The van der Waals surface area contributed by atoms with E-state index in [9.17, 15) is 4.79 Å². The van der Waals surface area contributed by atoms with Gasteiger partial charge in [-0.05, 0) is 24.6 Å². The molecule has 4 nitrogen and oxygen atoms in total. The number of carbonyl (C=O) groups is 1. The highest BCUT2D eigenvalue weighted by atomic mass is 16.6. The lowest BCUT2D eigenvalue weighted by Gasteiger charge is -2.25. The van der Waals surface area contributed by atoms with Gasteiger partial charge in [0.15, 0.2) is 0 Å². The predicted molar refractivity (Wildman–Crippen MR) is 95.1 cm³/mol. The number of rotatable bonds is 7. The number of ether oxygens (including phenoxy) is 1. The second-order valence-corrected chi connectivity index (χ2v) is 7.35. The monoisotopic (exact) mass is 330 g/mol. The van der Waals surface area contributed by atoms with Crippen molar-refractivity contribution in [2.24, 2.45) is 0 Å². The van der Waals surface area contributed by atoms with Crippen molar-refractivity contribution in [2.45, 2.75) is 32.3 Å². The summed E-state index contributed by atoms with van der Waals surface area (Å²) in [6, 6.07) is 13.6. The summed E-state index contributed by atoms with van der Waals surface area (Å²) in [5, 5.41) is 0. The van der Waals surface area contributed by atoms with Crippen LogP contribution in [0.3, 0.4) is 0 Å². The third kappa shape index (κ3) is 5.24. The molecule has 0 aliphatic heterocycles. The maximum atomic E-state index is 12.2. The number of hydrogen-bond donors (Lipinski definition) is 0. The van der Waals surface area contributed by atoms with Gasteiger partial charge >= 0.3 is 5.97 Å². The molecule has 2 rings (SSSR count). The van der Waals surface area contributed by atoms with Crippen LogP contribution in [0.1, 0.15) is 48.1 Å². The van der Waals surface area contributed by atoms with Crippen LogP contribution in [-0.2, 0) is 4.74 Å². The average Bonchev–Trinajstić information content (AvgIpc) is 3.02. The van der Waals surface area contributed by atoms with Crippen LogP contribution in [0.25, 0.3) is 0 Å². The molecule has 0 saturated heterocycles. The smallest absolute Gasteiger partial charge is 0.374 e. The Morgan fingerprint density at radius 3 is 2.38 bits per heavy atom. The molecular formula is C20H28NO3+. The molecule has 2 aromatic rings. The zero-order valence-electron chi connectivity index (χ0n) is 15.3. The molecule has 0 aliphatic rings. The van der Waals surface area contributed by atoms with Crippen LogP contribution in [0.5, 0.6) is 0 Å². The van der Waals surface area contributed by atoms with Gasteiger partial charge in [0.25, 0.3) is 0 Å². The summed E-state index contributed by atoms with van der Waals surface area (Å²) in [5.41, 5.74) is 1.16. The first-order valence-corrected chi connectivity index (χ1v) is 8.42. The quantitative estimate of drug-likeness (QED) is 0.567. The van der Waals surface area contributed by atoms with E-state index in [1.54, 1.807) is 6.07 Å². The van der Waals surface area contributed by atoms with Crippen LogP contribution >= 0.6 is 0 Å². The SMILES string of the molecule is CC(CC[N+](C)(C)C)OC(=O)c1ccc(C(C)c2ccccc2)o1. The van der Waals surface area contributed by atoms with Crippen LogP contribution in [0.4, 0.5) is 0 Å². The number of benzene rings is 1. The summed E-state index contributed by atoms with van der Waals surface area (Å²) in [5.74, 6) is 0.746. The van der Waals surface area contributed by atoms with E-state index >= 15 is 0 Å². The van der Waals surface area contributed by atoms with Crippen molar-refractivity contribution >= 4 is 5.97 Å². The Labute approximate surface area is 144 Å². The third-order valence-electron chi connectivity index (χ3n) is 4.07. The highest BCUT2D eigenvalue weighted by molar-refractivity contribution is 5.86. The molecule has 4 heteroatoms. The average molecular weight is 330 g/mol. The minimum Gasteiger partial charge on any atom is -0.457 e. The van der Waals surface area contributed by atoms with Gasteiger partial charge in [0, 0.05) is 12.3 Å². The van der Waals surface area contributed by atoms with E-state index in [2.05, 4.69) is 40.2 Å². The minimum atomic E-state index is -0.393. The fourth-order valence-electron chi connectivity index (χ4n) is 2.47. The van der Waals surface area contributed by atoms with Gasteiger partial charge < -0.3 is 13.6 Å². The van der Waals surface area contributed by atoms with E-state index in [4.69, 9.17) is 9.15 Å². The van der Waals surface area contributed by atoms with Crippen LogP contribution < -0.4 is 0 Å². The van der Waals surface area contributed by atoms with Gasteiger partial charge in [-0.25, -0.2) is 4.79 Å². The maximum absolute atomic E-state index is 12.2. The Morgan fingerprint density at radius 1 is 1.08 bits per heavy atom. The standard InChI is InChI=1S/C20H28NO3/c1-15(13-14-21(3,4)5)23-20(22)19-12-11-18(24-19)16(2)17-9-7-6-8-10-17/h6-12,15-16H,13-14H2,1-5H3/q+1. The van der Waals surface area contributed by atoms with Gasteiger partial charge in [-0.2, -0.15) is 0 Å². The van der Waals surface area contributed by atoms with E-state index in [0.717, 1.165) is 28.8 Å². The van der Waals surface area contributed by atoms with Gasteiger partial charge in [0.05, 0.1) is 27.7 Å². The Balaban J connectivity index is 1.96. The van der Waals surface area contributed by atoms with E-state index in [1.165, 1.54) is 0 Å². The number of quaternary nitrogens is 1. The Hall–Kier alpha value is -2.07. The zero-order chi connectivity index (χ0) is 17.7. The predicted octanol–water partition coefficient (Wildman–Crippen LogP) is 4.07. The largest absolute Gasteiger partial charge is 0.457 e. The van der Waals surface area contributed by atoms with Crippen molar-refractivity contribution in [1.82, 2.24) is 0 Å². The minimum absolute atomic E-state index is 0.100. The molecule has 1 heterocycles. The van der Waals surface area contributed by atoms with Crippen LogP contribution in [0, 0.1) is 0 Å².